The average molecular weight is 352 g/mol. The van der Waals surface area contributed by atoms with Crippen LogP contribution in [0.1, 0.15) is 10.4 Å². The molecule has 0 radical (unpaired) electrons. The van der Waals surface area contributed by atoms with Gasteiger partial charge in [0, 0.05) is 4.88 Å². The molecule has 0 aliphatic carbocycles. The molecule has 6 heteroatoms. The second-order valence-corrected chi connectivity index (χ2v) is 6.45. The molecule has 1 aliphatic rings. The highest BCUT2D eigenvalue weighted by atomic mass is 79.9. The molecular weight excluding hydrogens is 345 g/mol. The van der Waals surface area contributed by atoms with Crippen molar-refractivity contribution in [1.29, 1.82) is 0 Å². The highest BCUT2D eigenvalue weighted by molar-refractivity contribution is 9.11. The Labute approximate surface area is 126 Å². The van der Waals surface area contributed by atoms with Crippen LogP contribution in [0.3, 0.4) is 0 Å². The highest BCUT2D eigenvalue weighted by Crippen LogP contribution is 2.26. The van der Waals surface area contributed by atoms with Crippen molar-refractivity contribution in [3.63, 3.8) is 0 Å². The van der Waals surface area contributed by atoms with Gasteiger partial charge in [0.1, 0.15) is 5.82 Å². The number of halogens is 2. The van der Waals surface area contributed by atoms with Crippen LogP contribution >= 0.6 is 27.3 Å². The van der Waals surface area contributed by atoms with Gasteiger partial charge in [-0.3, -0.25) is 0 Å². The second kappa shape index (κ2) is 5.30. The van der Waals surface area contributed by atoms with E-state index in [1.807, 2.05) is 12.1 Å². The molecule has 0 saturated heterocycles. The van der Waals surface area contributed by atoms with Crippen LogP contribution in [-0.4, -0.2) is 11.9 Å². The van der Waals surface area contributed by atoms with E-state index in [9.17, 15) is 9.18 Å². The number of rotatable bonds is 2. The lowest BCUT2D eigenvalue weighted by atomic mass is 10.2. The van der Waals surface area contributed by atoms with Crippen molar-refractivity contribution < 1.29 is 13.9 Å². The van der Waals surface area contributed by atoms with Crippen LogP contribution < -0.4 is 0 Å². The molecule has 0 N–H and O–H groups in total. The third kappa shape index (κ3) is 2.57. The van der Waals surface area contributed by atoms with Crippen molar-refractivity contribution in [2.75, 3.05) is 0 Å². The van der Waals surface area contributed by atoms with Gasteiger partial charge in [-0.1, -0.05) is 12.1 Å². The van der Waals surface area contributed by atoms with Gasteiger partial charge in [-0.05, 0) is 46.3 Å². The molecule has 3 nitrogen and oxygen atoms in total. The second-order valence-electron chi connectivity index (χ2n) is 3.96. The summed E-state index contributed by atoms with van der Waals surface area (Å²) >= 11 is 4.81. The van der Waals surface area contributed by atoms with E-state index in [2.05, 4.69) is 20.9 Å². The lowest BCUT2D eigenvalue weighted by Crippen LogP contribution is -2.07. The Morgan fingerprint density at radius 2 is 2.05 bits per heavy atom. The Morgan fingerprint density at radius 3 is 2.75 bits per heavy atom. The van der Waals surface area contributed by atoms with Gasteiger partial charge in [-0.25, -0.2) is 14.2 Å². The first-order valence-corrected chi connectivity index (χ1v) is 7.27. The monoisotopic (exact) mass is 351 g/mol. The summed E-state index contributed by atoms with van der Waals surface area (Å²) in [6, 6.07) is 9.77. The zero-order valence-electron chi connectivity index (χ0n) is 9.97. The van der Waals surface area contributed by atoms with E-state index in [-0.39, 0.29) is 17.2 Å². The minimum absolute atomic E-state index is 0.00466. The molecule has 2 aromatic rings. The maximum absolute atomic E-state index is 13.6. The Balaban J connectivity index is 1.97. The molecule has 1 aromatic carbocycles. The number of hydrogen-bond acceptors (Lipinski definition) is 4. The summed E-state index contributed by atoms with van der Waals surface area (Å²) in [7, 11) is 0. The minimum atomic E-state index is -0.576. The Bertz CT molecular complexity index is 751. The summed E-state index contributed by atoms with van der Waals surface area (Å²) in [5, 5.41) is 0. The standard InChI is InChI=1S/C14H7BrFNO2S/c15-12-6-5-8(20-12)7-11-14(18)19-13(17-11)9-3-1-2-4-10(9)16/h1-7H/b11-7+. The van der Waals surface area contributed by atoms with Crippen LogP contribution in [0, 0.1) is 5.82 Å². The number of cyclic esters (lactones) is 1. The van der Waals surface area contributed by atoms with E-state index < -0.39 is 11.8 Å². The van der Waals surface area contributed by atoms with Crippen LogP contribution in [0.5, 0.6) is 0 Å². The van der Waals surface area contributed by atoms with Crippen LogP contribution in [0.4, 0.5) is 4.39 Å². The number of carbonyl (C=O) groups is 1. The van der Waals surface area contributed by atoms with Crippen LogP contribution in [-0.2, 0) is 9.53 Å². The summed E-state index contributed by atoms with van der Waals surface area (Å²) in [5.74, 6) is -1.05. The fraction of sp³-hybridized carbons (Fsp3) is 0. The molecule has 0 amide bonds. The van der Waals surface area contributed by atoms with Gasteiger partial charge in [0.15, 0.2) is 5.70 Å². The molecular formula is C14H7BrFNO2S. The minimum Gasteiger partial charge on any atom is -0.402 e. The molecule has 0 spiro atoms. The smallest absolute Gasteiger partial charge is 0.363 e. The van der Waals surface area contributed by atoms with Crippen molar-refractivity contribution in [2.24, 2.45) is 4.99 Å². The Hall–Kier alpha value is -1.79. The lowest BCUT2D eigenvalue weighted by Gasteiger charge is -1.99. The van der Waals surface area contributed by atoms with Gasteiger partial charge in [0.25, 0.3) is 0 Å². The number of esters is 1. The zero-order valence-corrected chi connectivity index (χ0v) is 12.4. The van der Waals surface area contributed by atoms with Crippen LogP contribution in [0.25, 0.3) is 6.08 Å². The van der Waals surface area contributed by atoms with Gasteiger partial charge in [-0.2, -0.15) is 0 Å². The molecule has 20 heavy (non-hydrogen) atoms. The fourth-order valence-electron chi connectivity index (χ4n) is 1.70. The molecule has 100 valence electrons. The summed E-state index contributed by atoms with van der Waals surface area (Å²) < 4.78 is 19.6. The molecule has 0 atom stereocenters. The molecule has 0 saturated carbocycles. The number of thiophene rings is 1. The molecule has 3 rings (SSSR count). The molecule has 0 bridgehead atoms. The molecule has 2 heterocycles. The topological polar surface area (TPSA) is 38.7 Å². The van der Waals surface area contributed by atoms with E-state index in [1.54, 1.807) is 18.2 Å². The van der Waals surface area contributed by atoms with Crippen LogP contribution in [0.15, 0.2) is 50.9 Å². The average Bonchev–Trinajstić information content (AvgIpc) is 2.98. The van der Waals surface area contributed by atoms with Crippen LogP contribution in [0.2, 0.25) is 0 Å². The van der Waals surface area contributed by atoms with Crippen molar-refractivity contribution in [3.05, 3.63) is 62.1 Å². The number of carbonyl (C=O) groups excluding carboxylic acids is 1. The summed E-state index contributed by atoms with van der Waals surface area (Å²) in [5.41, 5.74) is 0.342. The third-order valence-electron chi connectivity index (χ3n) is 2.60. The Kier molecular flexibility index (Phi) is 3.50. The molecule has 0 fully saturated rings. The first kappa shape index (κ1) is 13.2. The molecule has 1 aliphatic heterocycles. The Morgan fingerprint density at radius 1 is 1.25 bits per heavy atom. The highest BCUT2D eigenvalue weighted by Gasteiger charge is 2.25. The maximum atomic E-state index is 13.6. The van der Waals surface area contributed by atoms with E-state index in [4.69, 9.17) is 4.74 Å². The van der Waals surface area contributed by atoms with E-state index in [0.717, 1.165) is 8.66 Å². The number of aliphatic imine (C=N–C) groups is 1. The first-order chi connectivity index (χ1) is 9.63. The number of nitrogens with zero attached hydrogens (tertiary/aromatic N) is 1. The quantitative estimate of drug-likeness (QED) is 0.606. The lowest BCUT2D eigenvalue weighted by molar-refractivity contribution is -0.129. The van der Waals surface area contributed by atoms with Crippen molar-refractivity contribution >= 4 is 45.2 Å². The summed E-state index contributed by atoms with van der Waals surface area (Å²) in [6.45, 7) is 0. The van der Waals surface area contributed by atoms with Gasteiger partial charge in [0.2, 0.25) is 5.90 Å². The van der Waals surface area contributed by atoms with Gasteiger partial charge in [0.05, 0.1) is 9.35 Å². The maximum Gasteiger partial charge on any atom is 0.363 e. The molecule has 0 unspecified atom stereocenters. The normalized spacial score (nSPS) is 16.4. The predicted octanol–water partition coefficient (Wildman–Crippen LogP) is 3.99. The first-order valence-electron chi connectivity index (χ1n) is 5.66. The van der Waals surface area contributed by atoms with Crippen molar-refractivity contribution in [2.45, 2.75) is 0 Å². The number of ether oxygens (including phenoxy) is 1. The summed E-state index contributed by atoms with van der Waals surface area (Å²) in [6.07, 6.45) is 1.62. The molecule has 1 aromatic heterocycles. The van der Waals surface area contributed by atoms with E-state index >= 15 is 0 Å². The fourth-order valence-corrected chi connectivity index (χ4v) is 3.06. The third-order valence-corrected chi connectivity index (χ3v) is 4.17. The van der Waals surface area contributed by atoms with Gasteiger partial charge in [-0.15, -0.1) is 11.3 Å². The number of hydrogen-bond donors (Lipinski definition) is 0. The largest absolute Gasteiger partial charge is 0.402 e. The van der Waals surface area contributed by atoms with Gasteiger partial charge < -0.3 is 4.74 Å². The number of benzene rings is 1. The SMILES string of the molecule is O=C1OC(c2ccccc2F)=N/C1=C/c1ccc(Br)s1. The van der Waals surface area contributed by atoms with Crippen molar-refractivity contribution in [3.8, 4) is 0 Å². The predicted molar refractivity (Wildman–Crippen MR) is 79.0 cm³/mol. The van der Waals surface area contributed by atoms with Crippen molar-refractivity contribution in [1.82, 2.24) is 0 Å². The van der Waals surface area contributed by atoms with E-state index in [0.29, 0.717) is 0 Å². The van der Waals surface area contributed by atoms with E-state index in [1.165, 1.54) is 23.5 Å². The zero-order chi connectivity index (χ0) is 14.1. The van der Waals surface area contributed by atoms with Gasteiger partial charge >= 0.3 is 5.97 Å². The summed E-state index contributed by atoms with van der Waals surface area (Å²) in [4.78, 5) is 16.7.